The van der Waals surface area contributed by atoms with E-state index >= 15 is 0 Å². The fourth-order valence-corrected chi connectivity index (χ4v) is 3.06. The van der Waals surface area contributed by atoms with Gasteiger partial charge in [0.25, 0.3) is 0 Å². The molecule has 1 amide bonds. The molecule has 24 heavy (non-hydrogen) atoms. The van der Waals surface area contributed by atoms with Gasteiger partial charge in [-0.2, -0.15) is 13.2 Å². The summed E-state index contributed by atoms with van der Waals surface area (Å²) in [5.41, 5.74) is 0.820. The van der Waals surface area contributed by atoms with E-state index in [1.165, 1.54) is 13.0 Å². The molecule has 2 aromatic carbocycles. The van der Waals surface area contributed by atoms with Crippen LogP contribution in [0.1, 0.15) is 18.4 Å². The molecular weight excluding hydrogens is 323 g/mol. The highest BCUT2D eigenvalue weighted by atomic mass is 19.4. The summed E-state index contributed by atoms with van der Waals surface area (Å²) in [7, 11) is 0. The van der Waals surface area contributed by atoms with Crippen molar-refractivity contribution in [3.63, 3.8) is 0 Å². The van der Waals surface area contributed by atoms with E-state index in [1.807, 2.05) is 12.1 Å². The van der Waals surface area contributed by atoms with Gasteiger partial charge in [0.1, 0.15) is 0 Å². The average molecular weight is 337 g/mol. The van der Waals surface area contributed by atoms with Gasteiger partial charge in [-0.05, 0) is 22.4 Å². The second kappa shape index (κ2) is 5.81. The number of carbonyl (C=O) groups excluding carboxylic acids is 2. The number of amides is 1. The predicted octanol–water partition coefficient (Wildman–Crippen LogP) is 3.40. The number of rotatable bonds is 2. The van der Waals surface area contributed by atoms with Crippen LogP contribution >= 0.6 is 0 Å². The second-order valence-electron chi connectivity index (χ2n) is 5.63. The van der Waals surface area contributed by atoms with Crippen LogP contribution in [-0.4, -0.2) is 31.2 Å². The van der Waals surface area contributed by atoms with Crippen LogP contribution in [0.15, 0.2) is 36.4 Å². The summed E-state index contributed by atoms with van der Waals surface area (Å²) in [6, 6.07) is 10.4. The van der Waals surface area contributed by atoms with E-state index in [4.69, 9.17) is 4.74 Å². The molecule has 0 N–H and O–H groups in total. The van der Waals surface area contributed by atoms with E-state index in [2.05, 4.69) is 0 Å². The quantitative estimate of drug-likeness (QED) is 0.789. The Kier molecular flexibility index (Phi) is 3.95. The minimum absolute atomic E-state index is 0.0715. The fourth-order valence-electron chi connectivity index (χ4n) is 3.06. The third-order valence-electron chi connectivity index (χ3n) is 4.03. The number of hydrogen-bond donors (Lipinski definition) is 0. The van der Waals surface area contributed by atoms with Gasteiger partial charge in [-0.25, -0.2) is 0 Å². The number of benzene rings is 2. The second-order valence-corrected chi connectivity index (χ2v) is 5.63. The molecule has 7 heteroatoms. The van der Waals surface area contributed by atoms with Gasteiger partial charge in [0.05, 0.1) is 6.61 Å². The highest BCUT2D eigenvalue weighted by molar-refractivity contribution is 6.03. The Labute approximate surface area is 135 Å². The van der Waals surface area contributed by atoms with Crippen molar-refractivity contribution in [2.24, 2.45) is 0 Å². The minimum Gasteiger partial charge on any atom is -0.465 e. The van der Waals surface area contributed by atoms with Crippen molar-refractivity contribution in [3.05, 3.63) is 42.0 Å². The number of alkyl halides is 3. The molecule has 0 bridgehead atoms. The van der Waals surface area contributed by atoms with Crippen LogP contribution in [0.4, 0.5) is 18.9 Å². The number of carbonyl (C=O) groups is 2. The molecule has 1 aliphatic heterocycles. The molecule has 126 valence electrons. The van der Waals surface area contributed by atoms with E-state index < -0.39 is 24.0 Å². The summed E-state index contributed by atoms with van der Waals surface area (Å²) in [6.45, 7) is 0.991. The highest BCUT2D eigenvalue weighted by Crippen LogP contribution is 2.42. The molecule has 1 atom stereocenters. The number of anilines is 1. The van der Waals surface area contributed by atoms with Gasteiger partial charge in [-0.3, -0.25) is 9.59 Å². The molecule has 0 aliphatic carbocycles. The van der Waals surface area contributed by atoms with Gasteiger partial charge in [-0.1, -0.05) is 30.3 Å². The first-order valence-electron chi connectivity index (χ1n) is 7.32. The van der Waals surface area contributed by atoms with Crippen molar-refractivity contribution in [2.75, 3.05) is 18.1 Å². The zero-order valence-electron chi connectivity index (χ0n) is 12.8. The molecule has 0 spiro atoms. The van der Waals surface area contributed by atoms with Gasteiger partial charge in [-0.15, -0.1) is 0 Å². The van der Waals surface area contributed by atoms with Gasteiger partial charge < -0.3 is 9.64 Å². The molecule has 0 radical (unpaired) electrons. The topological polar surface area (TPSA) is 46.6 Å². The first kappa shape index (κ1) is 16.3. The number of esters is 1. The van der Waals surface area contributed by atoms with E-state index in [-0.39, 0.29) is 18.8 Å². The Hall–Kier alpha value is -2.57. The summed E-state index contributed by atoms with van der Waals surface area (Å²) in [4.78, 5) is 23.5. The molecule has 4 nitrogen and oxygen atoms in total. The normalized spacial score (nSPS) is 17.0. The molecule has 1 unspecified atom stereocenters. The van der Waals surface area contributed by atoms with Crippen molar-refractivity contribution in [1.29, 1.82) is 0 Å². The van der Waals surface area contributed by atoms with Crippen LogP contribution in [0.25, 0.3) is 10.8 Å². The van der Waals surface area contributed by atoms with Crippen molar-refractivity contribution < 1.29 is 27.5 Å². The largest absolute Gasteiger partial charge is 0.471 e. The summed E-state index contributed by atoms with van der Waals surface area (Å²) in [5, 5.41) is 1.61. The standard InChI is InChI=1S/C17H14F3NO3/c1-10(22)24-9-12-8-21(16(23)17(18,19)20)14-7-6-11-4-2-3-5-13(11)15(12)14/h2-7,12H,8-9H2,1H3. The third kappa shape index (κ3) is 2.81. The smallest absolute Gasteiger partial charge is 0.465 e. The molecule has 1 heterocycles. The number of fused-ring (bicyclic) bond motifs is 3. The zero-order valence-corrected chi connectivity index (χ0v) is 12.8. The highest BCUT2D eigenvalue weighted by Gasteiger charge is 2.47. The fraction of sp³-hybridized carbons (Fsp3) is 0.294. The van der Waals surface area contributed by atoms with Crippen LogP contribution in [-0.2, 0) is 14.3 Å². The Morgan fingerprint density at radius 1 is 1.21 bits per heavy atom. The first-order chi connectivity index (χ1) is 11.3. The third-order valence-corrected chi connectivity index (χ3v) is 4.03. The number of halogens is 3. The molecule has 0 saturated heterocycles. The Bertz CT molecular complexity index is 816. The van der Waals surface area contributed by atoms with Crippen molar-refractivity contribution in [3.8, 4) is 0 Å². The lowest BCUT2D eigenvalue weighted by Gasteiger charge is -2.19. The van der Waals surface area contributed by atoms with Crippen LogP contribution in [0.5, 0.6) is 0 Å². The first-order valence-corrected chi connectivity index (χ1v) is 7.32. The summed E-state index contributed by atoms with van der Waals surface area (Å²) >= 11 is 0. The summed E-state index contributed by atoms with van der Waals surface area (Å²) in [5.74, 6) is -2.93. The van der Waals surface area contributed by atoms with Gasteiger partial charge in [0.15, 0.2) is 0 Å². The molecule has 0 saturated carbocycles. The van der Waals surface area contributed by atoms with Crippen LogP contribution in [0, 0.1) is 0 Å². The Morgan fingerprint density at radius 3 is 2.58 bits per heavy atom. The molecule has 2 aromatic rings. The maximum atomic E-state index is 12.9. The number of nitrogens with zero attached hydrogens (tertiary/aromatic N) is 1. The Morgan fingerprint density at radius 2 is 1.92 bits per heavy atom. The van der Waals surface area contributed by atoms with Gasteiger partial charge in [0.2, 0.25) is 0 Å². The molecule has 0 aromatic heterocycles. The minimum atomic E-state index is -4.96. The van der Waals surface area contributed by atoms with Gasteiger partial charge in [0, 0.05) is 25.1 Å². The molecule has 3 rings (SSSR count). The van der Waals surface area contributed by atoms with Crippen LogP contribution < -0.4 is 4.90 Å². The maximum Gasteiger partial charge on any atom is 0.471 e. The maximum absolute atomic E-state index is 12.9. The van der Waals surface area contributed by atoms with Crippen molar-refractivity contribution in [1.82, 2.24) is 0 Å². The van der Waals surface area contributed by atoms with Crippen LogP contribution in [0.3, 0.4) is 0 Å². The lowest BCUT2D eigenvalue weighted by molar-refractivity contribution is -0.170. The van der Waals surface area contributed by atoms with Crippen molar-refractivity contribution in [2.45, 2.75) is 19.0 Å². The SMILES string of the molecule is CC(=O)OCC1CN(C(=O)C(F)(F)F)c2ccc3ccccc3c21. The number of ether oxygens (including phenoxy) is 1. The lowest BCUT2D eigenvalue weighted by Crippen LogP contribution is -2.40. The monoisotopic (exact) mass is 337 g/mol. The summed E-state index contributed by atoms with van der Waals surface area (Å²) < 4.78 is 43.6. The Balaban J connectivity index is 2.10. The van der Waals surface area contributed by atoms with E-state index in [1.54, 1.807) is 18.2 Å². The summed E-state index contributed by atoms with van der Waals surface area (Å²) in [6.07, 6.45) is -4.96. The lowest BCUT2D eigenvalue weighted by atomic mass is 9.95. The van der Waals surface area contributed by atoms with E-state index in [9.17, 15) is 22.8 Å². The average Bonchev–Trinajstić information content (AvgIpc) is 2.90. The van der Waals surface area contributed by atoms with Crippen LogP contribution in [0.2, 0.25) is 0 Å². The van der Waals surface area contributed by atoms with Gasteiger partial charge >= 0.3 is 18.1 Å². The molecular formula is C17H14F3NO3. The van der Waals surface area contributed by atoms with Crippen molar-refractivity contribution >= 4 is 28.3 Å². The van der Waals surface area contributed by atoms with E-state index in [0.29, 0.717) is 5.56 Å². The predicted molar refractivity (Wildman–Crippen MR) is 81.7 cm³/mol. The molecule has 0 fully saturated rings. The number of hydrogen-bond acceptors (Lipinski definition) is 3. The molecule has 1 aliphatic rings. The zero-order chi connectivity index (χ0) is 17.5. The van der Waals surface area contributed by atoms with E-state index in [0.717, 1.165) is 15.7 Å².